The van der Waals surface area contributed by atoms with E-state index in [0.29, 0.717) is 13.1 Å². The summed E-state index contributed by atoms with van der Waals surface area (Å²) in [4.78, 5) is 27.4. The van der Waals surface area contributed by atoms with E-state index in [2.05, 4.69) is 15.7 Å². The number of nitrogens with zero attached hydrogens (tertiary/aromatic N) is 3. The molecular weight excluding hydrogens is 390 g/mol. The molecule has 2 aromatic carbocycles. The highest BCUT2D eigenvalue weighted by Gasteiger charge is 2.29. The fourth-order valence-electron chi connectivity index (χ4n) is 3.97. The molecule has 1 aliphatic heterocycles. The quantitative estimate of drug-likeness (QED) is 0.661. The molecular formula is C24H27N5O2. The minimum Gasteiger partial charge on any atom is -0.324 e. The maximum Gasteiger partial charge on any atom is 0.321 e. The Morgan fingerprint density at radius 2 is 1.65 bits per heavy atom. The maximum atomic E-state index is 13.0. The fourth-order valence-corrected chi connectivity index (χ4v) is 3.97. The third-order valence-electron chi connectivity index (χ3n) is 5.64. The van der Waals surface area contributed by atoms with Crippen molar-refractivity contribution in [2.45, 2.75) is 26.7 Å². The number of anilines is 2. The summed E-state index contributed by atoms with van der Waals surface area (Å²) in [5.41, 5.74) is 4.08. The number of carbonyl (C=O) groups excluding carboxylic acids is 2. The topological polar surface area (TPSA) is 79.3 Å². The molecule has 4 rings (SSSR count). The van der Waals surface area contributed by atoms with Crippen molar-refractivity contribution >= 4 is 23.3 Å². The standard InChI is InChI=1S/C24H27N5O2/c1-17-22(18(2)29(27-17)21-13-7-4-8-14-21)26-23(30)19-10-9-15-28(16-19)24(31)25-20-11-5-3-6-12-20/h3-8,11-14,19H,9-10,15-16H2,1-2H3,(H,25,31)(H,26,30). The summed E-state index contributed by atoms with van der Waals surface area (Å²) in [6, 6.07) is 19.0. The van der Waals surface area contributed by atoms with E-state index >= 15 is 0 Å². The van der Waals surface area contributed by atoms with Crippen LogP contribution in [0, 0.1) is 19.8 Å². The van der Waals surface area contributed by atoms with Gasteiger partial charge in [0.1, 0.15) is 0 Å². The zero-order valence-corrected chi connectivity index (χ0v) is 17.8. The Morgan fingerprint density at radius 3 is 2.35 bits per heavy atom. The Bertz CT molecular complexity index is 1060. The molecule has 31 heavy (non-hydrogen) atoms. The van der Waals surface area contributed by atoms with E-state index in [1.54, 1.807) is 4.90 Å². The molecule has 7 heteroatoms. The zero-order valence-electron chi connectivity index (χ0n) is 17.8. The van der Waals surface area contributed by atoms with Crippen LogP contribution < -0.4 is 10.6 Å². The Morgan fingerprint density at radius 1 is 0.968 bits per heavy atom. The number of aromatic nitrogens is 2. The van der Waals surface area contributed by atoms with Crippen LogP contribution in [0.25, 0.3) is 5.69 Å². The lowest BCUT2D eigenvalue weighted by Crippen LogP contribution is -2.45. The third-order valence-corrected chi connectivity index (χ3v) is 5.64. The SMILES string of the molecule is Cc1nn(-c2ccccc2)c(C)c1NC(=O)C1CCCN(C(=O)Nc2ccccc2)C1. The predicted molar refractivity (Wildman–Crippen MR) is 121 cm³/mol. The van der Waals surface area contributed by atoms with Crippen LogP contribution in [-0.4, -0.2) is 39.7 Å². The van der Waals surface area contributed by atoms with E-state index in [9.17, 15) is 9.59 Å². The van der Waals surface area contributed by atoms with Crippen molar-refractivity contribution in [2.75, 3.05) is 23.7 Å². The van der Waals surface area contributed by atoms with Crippen molar-refractivity contribution in [1.82, 2.24) is 14.7 Å². The largest absolute Gasteiger partial charge is 0.324 e. The van der Waals surface area contributed by atoms with Crippen LogP contribution >= 0.6 is 0 Å². The predicted octanol–water partition coefficient (Wildman–Crippen LogP) is 4.37. The van der Waals surface area contributed by atoms with E-state index in [-0.39, 0.29) is 17.9 Å². The number of likely N-dealkylation sites (tertiary alicyclic amines) is 1. The maximum absolute atomic E-state index is 13.0. The summed E-state index contributed by atoms with van der Waals surface area (Å²) < 4.78 is 1.84. The van der Waals surface area contributed by atoms with Crippen molar-refractivity contribution in [3.05, 3.63) is 72.1 Å². The number of para-hydroxylation sites is 2. The van der Waals surface area contributed by atoms with Gasteiger partial charge in [0.2, 0.25) is 5.91 Å². The Hall–Kier alpha value is -3.61. The summed E-state index contributed by atoms with van der Waals surface area (Å²) in [6.45, 7) is 4.88. The minimum atomic E-state index is -0.255. The summed E-state index contributed by atoms with van der Waals surface area (Å²) in [6.07, 6.45) is 1.55. The number of benzene rings is 2. The van der Waals surface area contributed by atoms with Crippen LogP contribution in [0.4, 0.5) is 16.2 Å². The van der Waals surface area contributed by atoms with Gasteiger partial charge in [-0.3, -0.25) is 4.79 Å². The second-order valence-corrected chi connectivity index (χ2v) is 7.86. The molecule has 1 aromatic heterocycles. The Balaban J connectivity index is 1.43. The molecule has 7 nitrogen and oxygen atoms in total. The summed E-state index contributed by atoms with van der Waals surface area (Å²) >= 11 is 0. The first kappa shape index (κ1) is 20.7. The van der Waals surface area contributed by atoms with Gasteiger partial charge < -0.3 is 15.5 Å². The molecule has 1 unspecified atom stereocenters. The molecule has 2 N–H and O–H groups in total. The van der Waals surface area contributed by atoms with Crippen molar-refractivity contribution in [1.29, 1.82) is 0 Å². The van der Waals surface area contributed by atoms with E-state index in [1.165, 1.54) is 0 Å². The normalized spacial score (nSPS) is 16.1. The van der Waals surface area contributed by atoms with Gasteiger partial charge in [-0.25, -0.2) is 9.48 Å². The first-order valence-corrected chi connectivity index (χ1v) is 10.6. The first-order valence-electron chi connectivity index (χ1n) is 10.6. The van der Waals surface area contributed by atoms with Crippen LogP contribution in [0.5, 0.6) is 0 Å². The highest BCUT2D eigenvalue weighted by molar-refractivity contribution is 5.95. The molecule has 0 bridgehead atoms. The summed E-state index contributed by atoms with van der Waals surface area (Å²) in [5, 5.41) is 10.6. The van der Waals surface area contributed by atoms with Gasteiger partial charge in [0.15, 0.2) is 0 Å². The number of carbonyl (C=O) groups is 2. The number of hydrogen-bond acceptors (Lipinski definition) is 3. The van der Waals surface area contributed by atoms with Gasteiger partial charge in [-0.2, -0.15) is 5.10 Å². The van der Waals surface area contributed by atoms with Gasteiger partial charge in [0.25, 0.3) is 0 Å². The highest BCUT2D eigenvalue weighted by atomic mass is 16.2. The second kappa shape index (κ2) is 9.04. The summed E-state index contributed by atoms with van der Waals surface area (Å²) in [7, 11) is 0. The second-order valence-electron chi connectivity index (χ2n) is 7.86. The molecule has 1 aliphatic rings. The molecule has 1 fully saturated rings. The van der Waals surface area contributed by atoms with Crippen LogP contribution in [0.3, 0.4) is 0 Å². The van der Waals surface area contributed by atoms with Gasteiger partial charge >= 0.3 is 6.03 Å². The minimum absolute atomic E-state index is 0.0731. The van der Waals surface area contributed by atoms with Crippen LogP contribution in [0.15, 0.2) is 60.7 Å². The zero-order chi connectivity index (χ0) is 21.8. The van der Waals surface area contributed by atoms with Crippen LogP contribution in [0.1, 0.15) is 24.2 Å². The molecule has 0 spiro atoms. The summed E-state index contributed by atoms with van der Waals surface area (Å²) in [5.74, 6) is -0.329. The van der Waals surface area contributed by atoms with Gasteiger partial charge in [-0.05, 0) is 51.0 Å². The Labute approximate surface area is 182 Å². The van der Waals surface area contributed by atoms with E-state index in [4.69, 9.17) is 0 Å². The fraction of sp³-hybridized carbons (Fsp3) is 0.292. The van der Waals surface area contributed by atoms with Crippen molar-refractivity contribution in [2.24, 2.45) is 5.92 Å². The Kier molecular flexibility index (Phi) is 6.02. The first-order chi connectivity index (χ1) is 15.0. The molecule has 0 saturated carbocycles. The molecule has 3 aromatic rings. The van der Waals surface area contributed by atoms with Crippen LogP contribution in [0.2, 0.25) is 0 Å². The smallest absolute Gasteiger partial charge is 0.321 e. The number of urea groups is 1. The monoisotopic (exact) mass is 417 g/mol. The number of amides is 3. The molecule has 0 radical (unpaired) electrons. The van der Waals surface area contributed by atoms with Gasteiger partial charge in [-0.15, -0.1) is 0 Å². The van der Waals surface area contributed by atoms with Gasteiger partial charge in [-0.1, -0.05) is 36.4 Å². The third kappa shape index (κ3) is 4.60. The molecule has 1 atom stereocenters. The van der Waals surface area contributed by atoms with Crippen molar-refractivity contribution < 1.29 is 9.59 Å². The van der Waals surface area contributed by atoms with Crippen molar-refractivity contribution in [3.63, 3.8) is 0 Å². The average Bonchev–Trinajstić information content (AvgIpc) is 3.08. The lowest BCUT2D eigenvalue weighted by Gasteiger charge is -2.32. The van der Waals surface area contributed by atoms with Crippen LogP contribution in [-0.2, 0) is 4.79 Å². The highest BCUT2D eigenvalue weighted by Crippen LogP contribution is 2.25. The molecule has 2 heterocycles. The number of nitrogens with one attached hydrogen (secondary N) is 2. The van der Waals surface area contributed by atoms with E-state index < -0.39 is 0 Å². The molecule has 0 aliphatic carbocycles. The lowest BCUT2D eigenvalue weighted by atomic mass is 9.97. The van der Waals surface area contributed by atoms with Gasteiger partial charge in [0.05, 0.1) is 28.7 Å². The average molecular weight is 418 g/mol. The number of piperidine rings is 1. The van der Waals surface area contributed by atoms with Gasteiger partial charge in [0, 0.05) is 18.8 Å². The van der Waals surface area contributed by atoms with E-state index in [1.807, 2.05) is 79.2 Å². The molecule has 160 valence electrons. The molecule has 3 amide bonds. The van der Waals surface area contributed by atoms with E-state index in [0.717, 1.165) is 41.3 Å². The number of rotatable bonds is 4. The molecule has 1 saturated heterocycles. The van der Waals surface area contributed by atoms with Crippen molar-refractivity contribution in [3.8, 4) is 5.69 Å². The number of hydrogen-bond donors (Lipinski definition) is 2. The lowest BCUT2D eigenvalue weighted by molar-refractivity contribution is -0.121. The number of aryl methyl sites for hydroxylation is 1.